The number of hydrogen-bond acceptors (Lipinski definition) is 4. The molecule has 2 N–H and O–H groups in total. The van der Waals surface area contributed by atoms with Crippen LogP contribution < -0.4 is 10.6 Å². The first-order valence-electron chi connectivity index (χ1n) is 4.36. The molecule has 2 aliphatic rings. The van der Waals surface area contributed by atoms with Gasteiger partial charge in [-0.15, -0.1) is 0 Å². The Hall–Kier alpha value is -1.10. The fourth-order valence-electron chi connectivity index (χ4n) is 1.95. The highest BCUT2D eigenvalue weighted by Crippen LogP contribution is 2.20. The molecule has 2 unspecified atom stereocenters. The maximum atomic E-state index is 11.3. The molecule has 5 heteroatoms. The summed E-state index contributed by atoms with van der Waals surface area (Å²) in [6.45, 7) is 0. The number of ether oxygens (including phenoxy) is 1. The van der Waals surface area contributed by atoms with Gasteiger partial charge in [-0.2, -0.15) is 0 Å². The van der Waals surface area contributed by atoms with Gasteiger partial charge in [0, 0.05) is 6.04 Å². The molecule has 2 saturated heterocycles. The number of hydrogen-bond donors (Lipinski definition) is 2. The van der Waals surface area contributed by atoms with Crippen molar-refractivity contribution in [1.82, 2.24) is 10.6 Å². The number of nitrogens with one attached hydrogen (secondary N) is 2. The number of rotatable bonds is 1. The molecule has 2 aliphatic heterocycles. The number of esters is 1. The molecule has 2 fully saturated rings. The molecule has 2 heterocycles. The highest BCUT2D eigenvalue weighted by Gasteiger charge is 2.43. The SMILES string of the molecule is COC(=O)[C@@H]1NC(=O)C2CCC1N2. The molecule has 5 nitrogen and oxygen atoms in total. The first kappa shape index (κ1) is 8.50. The predicted molar refractivity (Wildman–Crippen MR) is 43.9 cm³/mol. The summed E-state index contributed by atoms with van der Waals surface area (Å²) in [5.41, 5.74) is 0. The fraction of sp³-hybridized carbons (Fsp3) is 0.750. The minimum Gasteiger partial charge on any atom is -0.467 e. The Morgan fingerprint density at radius 3 is 3.00 bits per heavy atom. The Kier molecular flexibility index (Phi) is 1.95. The van der Waals surface area contributed by atoms with Crippen LogP contribution in [0.2, 0.25) is 0 Å². The van der Waals surface area contributed by atoms with Crippen molar-refractivity contribution in [3.05, 3.63) is 0 Å². The van der Waals surface area contributed by atoms with E-state index < -0.39 is 6.04 Å². The zero-order chi connectivity index (χ0) is 9.42. The van der Waals surface area contributed by atoms with Gasteiger partial charge in [0.2, 0.25) is 5.91 Å². The Labute approximate surface area is 75.8 Å². The van der Waals surface area contributed by atoms with E-state index in [2.05, 4.69) is 15.4 Å². The second kappa shape index (κ2) is 2.99. The molecule has 72 valence electrons. The highest BCUT2D eigenvalue weighted by molar-refractivity contribution is 5.90. The van der Waals surface area contributed by atoms with Crippen LogP contribution >= 0.6 is 0 Å². The van der Waals surface area contributed by atoms with E-state index in [9.17, 15) is 9.59 Å². The Bertz CT molecular complexity index is 254. The topological polar surface area (TPSA) is 67.4 Å². The predicted octanol–water partition coefficient (Wildman–Crippen LogP) is -1.22. The van der Waals surface area contributed by atoms with E-state index in [1.807, 2.05) is 0 Å². The summed E-state index contributed by atoms with van der Waals surface area (Å²) in [6, 6.07) is -0.558. The molecule has 2 bridgehead atoms. The van der Waals surface area contributed by atoms with Gasteiger partial charge in [-0.1, -0.05) is 0 Å². The molecule has 13 heavy (non-hydrogen) atoms. The number of fused-ring (bicyclic) bond motifs is 2. The van der Waals surface area contributed by atoms with Crippen molar-refractivity contribution in [2.75, 3.05) is 7.11 Å². The van der Waals surface area contributed by atoms with E-state index in [0.717, 1.165) is 12.8 Å². The molecule has 0 aromatic rings. The average molecular weight is 184 g/mol. The monoisotopic (exact) mass is 184 g/mol. The van der Waals surface area contributed by atoms with Gasteiger partial charge >= 0.3 is 5.97 Å². The lowest BCUT2D eigenvalue weighted by Crippen LogP contribution is -2.62. The van der Waals surface area contributed by atoms with E-state index >= 15 is 0 Å². The summed E-state index contributed by atoms with van der Waals surface area (Å²) in [4.78, 5) is 22.5. The Morgan fingerprint density at radius 1 is 1.54 bits per heavy atom. The largest absolute Gasteiger partial charge is 0.467 e. The molecule has 0 spiro atoms. The number of carbonyl (C=O) groups is 2. The Balaban J connectivity index is 2.12. The third-order valence-electron chi connectivity index (χ3n) is 2.65. The molecule has 0 aromatic carbocycles. The van der Waals surface area contributed by atoms with Crippen LogP contribution in [0.25, 0.3) is 0 Å². The van der Waals surface area contributed by atoms with E-state index in [1.165, 1.54) is 7.11 Å². The fourth-order valence-corrected chi connectivity index (χ4v) is 1.95. The average Bonchev–Trinajstić information content (AvgIpc) is 2.56. The first-order chi connectivity index (χ1) is 6.22. The third kappa shape index (κ3) is 1.29. The van der Waals surface area contributed by atoms with Gasteiger partial charge in [0.1, 0.15) is 6.04 Å². The lowest BCUT2D eigenvalue weighted by molar-refractivity contribution is -0.147. The van der Waals surface area contributed by atoms with Crippen molar-refractivity contribution in [3.8, 4) is 0 Å². The summed E-state index contributed by atoms with van der Waals surface area (Å²) in [5.74, 6) is -0.463. The van der Waals surface area contributed by atoms with Crippen LogP contribution in [0.3, 0.4) is 0 Å². The van der Waals surface area contributed by atoms with Crippen molar-refractivity contribution in [2.45, 2.75) is 31.0 Å². The lowest BCUT2D eigenvalue weighted by atomic mass is 10.1. The summed E-state index contributed by atoms with van der Waals surface area (Å²) in [6.07, 6.45) is 1.66. The van der Waals surface area contributed by atoms with Gasteiger partial charge in [0.05, 0.1) is 13.2 Å². The first-order valence-corrected chi connectivity index (χ1v) is 4.36. The van der Waals surface area contributed by atoms with Crippen molar-refractivity contribution in [3.63, 3.8) is 0 Å². The normalized spacial score (nSPS) is 37.0. The number of carbonyl (C=O) groups excluding carboxylic acids is 2. The second-order valence-corrected chi connectivity index (χ2v) is 3.41. The minimum atomic E-state index is -0.503. The van der Waals surface area contributed by atoms with Gasteiger partial charge in [-0.25, -0.2) is 4.79 Å². The number of piperazine rings is 1. The molecular weight excluding hydrogens is 172 g/mol. The van der Waals surface area contributed by atoms with Gasteiger partial charge in [-0.05, 0) is 12.8 Å². The van der Waals surface area contributed by atoms with Gasteiger partial charge in [-0.3, -0.25) is 4.79 Å². The van der Waals surface area contributed by atoms with Crippen LogP contribution in [0.4, 0.5) is 0 Å². The van der Waals surface area contributed by atoms with Crippen LogP contribution in [0.1, 0.15) is 12.8 Å². The van der Waals surface area contributed by atoms with E-state index in [0.29, 0.717) is 0 Å². The number of methoxy groups -OCH3 is 1. The maximum absolute atomic E-state index is 11.3. The summed E-state index contributed by atoms with van der Waals surface area (Å²) >= 11 is 0. The molecular formula is C8H12N2O3. The zero-order valence-electron chi connectivity index (χ0n) is 7.37. The smallest absolute Gasteiger partial charge is 0.330 e. The molecule has 0 saturated carbocycles. The van der Waals surface area contributed by atoms with Crippen molar-refractivity contribution < 1.29 is 14.3 Å². The van der Waals surface area contributed by atoms with E-state index in [4.69, 9.17) is 0 Å². The lowest BCUT2D eigenvalue weighted by Gasteiger charge is -2.28. The summed E-state index contributed by atoms with van der Waals surface area (Å²) in [7, 11) is 1.33. The van der Waals surface area contributed by atoms with Crippen LogP contribution in [-0.4, -0.2) is 37.1 Å². The van der Waals surface area contributed by atoms with Gasteiger partial charge in [0.15, 0.2) is 0 Å². The Morgan fingerprint density at radius 2 is 2.31 bits per heavy atom. The molecule has 1 amide bonds. The van der Waals surface area contributed by atoms with Crippen molar-refractivity contribution in [1.29, 1.82) is 0 Å². The third-order valence-corrected chi connectivity index (χ3v) is 2.65. The zero-order valence-corrected chi connectivity index (χ0v) is 7.37. The van der Waals surface area contributed by atoms with Crippen molar-refractivity contribution >= 4 is 11.9 Å². The summed E-state index contributed by atoms with van der Waals surface area (Å²) < 4.78 is 4.59. The molecule has 0 aliphatic carbocycles. The van der Waals surface area contributed by atoms with Crippen LogP contribution in [0.5, 0.6) is 0 Å². The second-order valence-electron chi connectivity index (χ2n) is 3.41. The molecule has 0 radical (unpaired) electrons. The molecule has 2 rings (SSSR count). The standard InChI is InChI=1S/C8H12N2O3/c1-13-8(12)6-4-2-3-5(9-4)7(11)10-6/h4-6,9H,2-3H2,1H3,(H,10,11)/t4?,5?,6-/m1/s1. The summed E-state index contributed by atoms with van der Waals surface area (Å²) in [5, 5.41) is 5.75. The molecule has 3 atom stereocenters. The highest BCUT2D eigenvalue weighted by atomic mass is 16.5. The quantitative estimate of drug-likeness (QED) is 0.501. The number of amides is 1. The van der Waals surface area contributed by atoms with Crippen LogP contribution in [0.15, 0.2) is 0 Å². The minimum absolute atomic E-state index is 0.0511. The molecule has 0 aromatic heterocycles. The van der Waals surface area contributed by atoms with Crippen LogP contribution in [0, 0.1) is 0 Å². The van der Waals surface area contributed by atoms with Gasteiger partial charge in [0.25, 0.3) is 0 Å². The van der Waals surface area contributed by atoms with Crippen LogP contribution in [-0.2, 0) is 14.3 Å². The maximum Gasteiger partial charge on any atom is 0.330 e. The van der Waals surface area contributed by atoms with Gasteiger partial charge < -0.3 is 15.4 Å². The van der Waals surface area contributed by atoms with Crippen molar-refractivity contribution in [2.24, 2.45) is 0 Å². The van der Waals surface area contributed by atoms with E-state index in [1.54, 1.807) is 0 Å². The van der Waals surface area contributed by atoms with E-state index in [-0.39, 0.29) is 24.0 Å².